The van der Waals surface area contributed by atoms with E-state index in [0.717, 1.165) is 39.2 Å². The van der Waals surface area contributed by atoms with E-state index in [-0.39, 0.29) is 5.91 Å². The largest absolute Gasteiger partial charge is 0.349 e. The number of rotatable bonds is 7. The van der Waals surface area contributed by atoms with Gasteiger partial charge in [-0.15, -0.1) is 11.3 Å². The number of likely N-dealkylation sites (N-methyl/N-ethyl adjacent to an activating group) is 2. The van der Waals surface area contributed by atoms with Crippen LogP contribution >= 0.6 is 22.7 Å². The van der Waals surface area contributed by atoms with E-state index in [0.29, 0.717) is 6.54 Å². The molecule has 0 atom stereocenters. The number of carbonyl (C=O) groups is 1. The second-order valence-corrected chi connectivity index (χ2v) is 6.82. The van der Waals surface area contributed by atoms with Crippen LogP contribution in [0.4, 0.5) is 5.13 Å². The first-order valence-corrected chi connectivity index (χ1v) is 8.79. The number of nitrogens with zero attached hydrogens (tertiary/aromatic N) is 3. The van der Waals surface area contributed by atoms with Crippen molar-refractivity contribution in [3.8, 4) is 0 Å². The molecule has 2 aromatic heterocycles. The Morgan fingerprint density at radius 1 is 1.33 bits per heavy atom. The summed E-state index contributed by atoms with van der Waals surface area (Å²) in [6, 6.07) is 1.98. The SMILES string of the molecule is CCN(CC)c1nc2sc(C(=O)N(C)CCNC)cc2s1. The topological polar surface area (TPSA) is 48.5 Å². The van der Waals surface area contributed by atoms with E-state index in [4.69, 9.17) is 0 Å². The highest BCUT2D eigenvalue weighted by atomic mass is 32.1. The van der Waals surface area contributed by atoms with E-state index in [2.05, 4.69) is 29.0 Å². The standard InChI is InChI=1S/C14H22N4OS2/c1-5-18(6-2)14-16-12-10(21-14)9-11(20-12)13(19)17(4)8-7-15-3/h9,15H,5-8H2,1-4H3. The van der Waals surface area contributed by atoms with Crippen molar-refractivity contribution >= 4 is 43.2 Å². The van der Waals surface area contributed by atoms with E-state index < -0.39 is 0 Å². The summed E-state index contributed by atoms with van der Waals surface area (Å²) < 4.78 is 1.10. The molecule has 0 radical (unpaired) electrons. The monoisotopic (exact) mass is 326 g/mol. The van der Waals surface area contributed by atoms with Gasteiger partial charge in [-0.1, -0.05) is 11.3 Å². The van der Waals surface area contributed by atoms with Crippen molar-refractivity contribution in [3.05, 3.63) is 10.9 Å². The van der Waals surface area contributed by atoms with Crippen LogP contribution in [0.5, 0.6) is 0 Å². The summed E-state index contributed by atoms with van der Waals surface area (Å²) in [5, 5.41) is 4.10. The van der Waals surface area contributed by atoms with Crippen molar-refractivity contribution in [3.63, 3.8) is 0 Å². The highest BCUT2D eigenvalue weighted by molar-refractivity contribution is 7.29. The van der Waals surface area contributed by atoms with Gasteiger partial charge in [0.05, 0.1) is 9.58 Å². The molecule has 21 heavy (non-hydrogen) atoms. The van der Waals surface area contributed by atoms with Crippen LogP contribution in [0.2, 0.25) is 0 Å². The molecule has 2 rings (SSSR count). The predicted octanol–water partition coefficient (Wildman–Crippen LogP) is 2.50. The van der Waals surface area contributed by atoms with Gasteiger partial charge in [-0.25, -0.2) is 4.98 Å². The summed E-state index contributed by atoms with van der Waals surface area (Å²) in [5.41, 5.74) is 0. The molecule has 0 aromatic carbocycles. The lowest BCUT2D eigenvalue weighted by Gasteiger charge is -2.16. The van der Waals surface area contributed by atoms with E-state index in [1.807, 2.05) is 20.2 Å². The molecule has 1 amide bonds. The number of hydrogen-bond acceptors (Lipinski definition) is 6. The van der Waals surface area contributed by atoms with Gasteiger partial charge >= 0.3 is 0 Å². The lowest BCUT2D eigenvalue weighted by molar-refractivity contribution is 0.0801. The molecule has 0 spiro atoms. The van der Waals surface area contributed by atoms with Gasteiger partial charge in [-0.2, -0.15) is 0 Å². The zero-order chi connectivity index (χ0) is 15.4. The summed E-state index contributed by atoms with van der Waals surface area (Å²) in [5.74, 6) is 0.0739. The smallest absolute Gasteiger partial charge is 0.263 e. The normalized spacial score (nSPS) is 11.0. The quantitative estimate of drug-likeness (QED) is 0.849. The number of nitrogens with one attached hydrogen (secondary N) is 1. The molecule has 0 unspecified atom stereocenters. The second kappa shape index (κ2) is 7.20. The van der Waals surface area contributed by atoms with Gasteiger partial charge in [-0.05, 0) is 27.0 Å². The Balaban J connectivity index is 2.16. The Morgan fingerprint density at radius 2 is 2.05 bits per heavy atom. The van der Waals surface area contributed by atoms with Crippen LogP contribution in [0.25, 0.3) is 9.53 Å². The zero-order valence-corrected chi connectivity index (χ0v) is 14.6. The van der Waals surface area contributed by atoms with Crippen LogP contribution < -0.4 is 10.2 Å². The Labute approximate surface area is 133 Å². The highest BCUT2D eigenvalue weighted by Gasteiger charge is 2.18. The van der Waals surface area contributed by atoms with Crippen LogP contribution in [-0.4, -0.2) is 56.1 Å². The van der Waals surface area contributed by atoms with E-state index in [9.17, 15) is 4.79 Å². The molecule has 0 aliphatic carbocycles. The van der Waals surface area contributed by atoms with Gasteiger partial charge in [0.2, 0.25) is 0 Å². The summed E-state index contributed by atoms with van der Waals surface area (Å²) in [4.78, 5) is 22.7. The number of anilines is 1. The van der Waals surface area contributed by atoms with Gasteiger partial charge in [-0.3, -0.25) is 4.79 Å². The van der Waals surface area contributed by atoms with Crippen molar-refractivity contribution in [2.24, 2.45) is 0 Å². The molecule has 0 saturated heterocycles. The highest BCUT2D eigenvalue weighted by Crippen LogP contribution is 2.34. The Kier molecular flexibility index (Phi) is 5.55. The molecule has 0 saturated carbocycles. The minimum atomic E-state index is 0.0739. The minimum absolute atomic E-state index is 0.0739. The molecule has 0 aliphatic heterocycles. The third-order valence-electron chi connectivity index (χ3n) is 3.37. The van der Waals surface area contributed by atoms with E-state index in [1.165, 1.54) is 11.3 Å². The molecule has 0 aliphatic rings. The number of aromatic nitrogens is 1. The fourth-order valence-electron chi connectivity index (χ4n) is 2.03. The van der Waals surface area contributed by atoms with Crippen LogP contribution in [0.15, 0.2) is 6.07 Å². The van der Waals surface area contributed by atoms with Crippen LogP contribution in [0.3, 0.4) is 0 Å². The molecule has 0 fully saturated rings. The first-order valence-electron chi connectivity index (χ1n) is 7.16. The molecule has 2 aromatic rings. The lowest BCUT2D eigenvalue weighted by atomic mass is 10.4. The maximum atomic E-state index is 12.3. The van der Waals surface area contributed by atoms with Crippen molar-refractivity contribution in [2.75, 3.05) is 45.2 Å². The zero-order valence-electron chi connectivity index (χ0n) is 13.0. The van der Waals surface area contributed by atoms with Crippen molar-refractivity contribution in [1.29, 1.82) is 0 Å². The molecule has 7 heteroatoms. The molecule has 116 valence electrons. The molecule has 2 heterocycles. The van der Waals surface area contributed by atoms with Crippen LogP contribution in [-0.2, 0) is 0 Å². The molecular weight excluding hydrogens is 304 g/mol. The number of thiazole rings is 1. The number of carbonyl (C=O) groups excluding carboxylic acids is 1. The Morgan fingerprint density at radius 3 is 2.62 bits per heavy atom. The Bertz CT molecular complexity index is 572. The van der Waals surface area contributed by atoms with E-state index >= 15 is 0 Å². The Hall–Kier alpha value is -1.18. The number of hydrogen-bond donors (Lipinski definition) is 1. The third kappa shape index (κ3) is 3.53. The van der Waals surface area contributed by atoms with Gasteiger partial charge in [0.1, 0.15) is 4.83 Å². The molecule has 1 N–H and O–H groups in total. The number of thiophene rings is 1. The van der Waals surface area contributed by atoms with Crippen molar-refractivity contribution < 1.29 is 4.79 Å². The van der Waals surface area contributed by atoms with Gasteiger partial charge in [0, 0.05) is 33.2 Å². The van der Waals surface area contributed by atoms with Gasteiger partial charge < -0.3 is 15.1 Å². The summed E-state index contributed by atoms with van der Waals surface area (Å²) in [6.07, 6.45) is 0. The first-order chi connectivity index (χ1) is 10.1. The van der Waals surface area contributed by atoms with E-state index in [1.54, 1.807) is 16.2 Å². The number of fused-ring (bicyclic) bond motifs is 1. The number of amides is 1. The van der Waals surface area contributed by atoms with Gasteiger partial charge in [0.25, 0.3) is 5.91 Å². The minimum Gasteiger partial charge on any atom is -0.349 e. The van der Waals surface area contributed by atoms with Crippen LogP contribution in [0.1, 0.15) is 23.5 Å². The molecule has 0 bridgehead atoms. The summed E-state index contributed by atoms with van der Waals surface area (Å²) >= 11 is 3.15. The molecule has 5 nitrogen and oxygen atoms in total. The van der Waals surface area contributed by atoms with Crippen molar-refractivity contribution in [2.45, 2.75) is 13.8 Å². The maximum absolute atomic E-state index is 12.3. The third-order valence-corrected chi connectivity index (χ3v) is 5.58. The molecular formula is C14H22N4OS2. The fourth-order valence-corrected chi connectivity index (χ4v) is 4.36. The van der Waals surface area contributed by atoms with Gasteiger partial charge in [0.15, 0.2) is 5.13 Å². The van der Waals surface area contributed by atoms with Crippen molar-refractivity contribution in [1.82, 2.24) is 15.2 Å². The predicted molar refractivity (Wildman–Crippen MR) is 91.9 cm³/mol. The lowest BCUT2D eigenvalue weighted by Crippen LogP contribution is -2.32. The average Bonchev–Trinajstić information content (AvgIpc) is 3.04. The average molecular weight is 326 g/mol. The maximum Gasteiger partial charge on any atom is 0.263 e. The first kappa shape index (κ1) is 16.2. The second-order valence-electron chi connectivity index (χ2n) is 4.78. The summed E-state index contributed by atoms with van der Waals surface area (Å²) in [7, 11) is 3.72. The van der Waals surface area contributed by atoms with Crippen LogP contribution in [0, 0.1) is 0 Å². The fraction of sp³-hybridized carbons (Fsp3) is 0.571. The summed E-state index contributed by atoms with van der Waals surface area (Å²) in [6.45, 7) is 7.67.